The van der Waals surface area contributed by atoms with Crippen LogP contribution in [0.2, 0.25) is 0 Å². The molecule has 0 saturated carbocycles. The molecular weight excluding hydrogens is 340 g/mol. The van der Waals surface area contributed by atoms with Crippen LogP contribution in [-0.2, 0) is 6.61 Å². The highest BCUT2D eigenvalue weighted by molar-refractivity contribution is 5.92. The first-order valence-electron chi connectivity index (χ1n) is 8.20. The summed E-state index contributed by atoms with van der Waals surface area (Å²) in [5, 5.41) is 15.3. The van der Waals surface area contributed by atoms with E-state index in [9.17, 15) is 9.90 Å². The minimum absolute atomic E-state index is 0.0535. The van der Waals surface area contributed by atoms with Gasteiger partial charge in [0.25, 0.3) is 5.91 Å². The van der Waals surface area contributed by atoms with Crippen LogP contribution in [-0.4, -0.2) is 57.3 Å². The smallest absolute Gasteiger partial charge is 0.276 e. The number of carbonyl (C=O) groups is 1. The fourth-order valence-corrected chi connectivity index (χ4v) is 2.65. The number of aromatic nitrogens is 2. The van der Waals surface area contributed by atoms with Crippen molar-refractivity contribution < 1.29 is 19.1 Å². The van der Waals surface area contributed by atoms with Gasteiger partial charge in [0.15, 0.2) is 12.3 Å². The number of anilines is 1. The Morgan fingerprint density at radius 2 is 2.38 bits per heavy atom. The number of pyridine rings is 1. The van der Waals surface area contributed by atoms with Crippen LogP contribution in [0.15, 0.2) is 34.1 Å². The van der Waals surface area contributed by atoms with E-state index in [1.165, 1.54) is 6.26 Å². The molecule has 2 N–H and O–H groups in total. The van der Waals surface area contributed by atoms with Gasteiger partial charge in [0.2, 0.25) is 11.8 Å². The summed E-state index contributed by atoms with van der Waals surface area (Å²) in [6, 6.07) is 3.32. The second-order valence-corrected chi connectivity index (χ2v) is 6.01. The number of hydrogen-bond donors (Lipinski definition) is 2. The Balaban J connectivity index is 1.33. The minimum atomic E-state index is -0.482. The van der Waals surface area contributed by atoms with Crippen LogP contribution in [0.3, 0.4) is 0 Å². The molecule has 2 aromatic heterocycles. The molecule has 0 bridgehead atoms. The van der Waals surface area contributed by atoms with Crippen molar-refractivity contribution in [2.75, 3.05) is 18.2 Å². The molecule has 10 heteroatoms. The fourth-order valence-electron chi connectivity index (χ4n) is 2.65. The van der Waals surface area contributed by atoms with E-state index in [2.05, 4.69) is 20.5 Å². The molecule has 2 atom stereocenters. The van der Waals surface area contributed by atoms with Crippen molar-refractivity contribution in [1.29, 1.82) is 0 Å². The SMILES string of the molecule is CC1C(O)CN1C(=O)c1coc(COc2ccc(N3N=CCN3)cn2)n1. The van der Waals surface area contributed by atoms with Gasteiger partial charge >= 0.3 is 0 Å². The standard InChI is InChI=1S/C16H18N6O4/c1-10-13(23)7-21(10)16(24)12-8-25-15(20-12)9-26-14-3-2-11(6-17-14)22-18-4-5-19-22/h2-4,6,8,10,13,19,23H,5,7,9H2,1H3. The summed E-state index contributed by atoms with van der Waals surface area (Å²) in [5.74, 6) is 0.417. The number of aliphatic hydroxyl groups is 1. The lowest BCUT2D eigenvalue weighted by Crippen LogP contribution is -2.60. The molecule has 4 rings (SSSR count). The second kappa shape index (κ2) is 6.73. The summed E-state index contributed by atoms with van der Waals surface area (Å²) in [7, 11) is 0. The van der Waals surface area contributed by atoms with E-state index in [0.717, 1.165) is 5.69 Å². The Hall–Kier alpha value is -2.98. The van der Waals surface area contributed by atoms with Crippen LogP contribution in [0, 0.1) is 0 Å². The van der Waals surface area contributed by atoms with Gasteiger partial charge < -0.3 is 19.2 Å². The summed E-state index contributed by atoms with van der Waals surface area (Å²) < 4.78 is 10.8. The van der Waals surface area contributed by atoms with E-state index in [4.69, 9.17) is 9.15 Å². The summed E-state index contributed by atoms with van der Waals surface area (Å²) in [6.45, 7) is 2.83. The molecule has 0 aliphatic carbocycles. The number of aliphatic hydroxyl groups excluding tert-OH is 1. The molecular formula is C16H18N6O4. The van der Waals surface area contributed by atoms with Gasteiger partial charge in [0.1, 0.15) is 6.26 Å². The van der Waals surface area contributed by atoms with Gasteiger partial charge in [-0.2, -0.15) is 10.2 Å². The zero-order valence-corrected chi connectivity index (χ0v) is 14.1. The van der Waals surface area contributed by atoms with E-state index in [1.54, 1.807) is 35.4 Å². The highest BCUT2D eigenvalue weighted by Gasteiger charge is 2.38. The second-order valence-electron chi connectivity index (χ2n) is 6.01. The number of nitrogens with zero attached hydrogens (tertiary/aromatic N) is 5. The van der Waals surface area contributed by atoms with Crippen LogP contribution >= 0.6 is 0 Å². The van der Waals surface area contributed by atoms with Crippen LogP contribution < -0.4 is 15.3 Å². The molecule has 1 saturated heterocycles. The molecule has 136 valence electrons. The number of amides is 1. The summed E-state index contributed by atoms with van der Waals surface area (Å²) in [6.07, 6.45) is 4.20. The number of carbonyl (C=O) groups excluding carboxylic acids is 1. The molecule has 1 fully saturated rings. The molecule has 4 heterocycles. The normalized spacial score (nSPS) is 21.8. The van der Waals surface area contributed by atoms with Crippen molar-refractivity contribution in [3.8, 4) is 5.88 Å². The highest BCUT2D eigenvalue weighted by Crippen LogP contribution is 2.21. The van der Waals surface area contributed by atoms with Crippen molar-refractivity contribution >= 4 is 17.8 Å². The van der Waals surface area contributed by atoms with Gasteiger partial charge in [-0.25, -0.2) is 15.4 Å². The maximum atomic E-state index is 12.3. The van der Waals surface area contributed by atoms with Gasteiger partial charge in [-0.3, -0.25) is 4.79 Å². The van der Waals surface area contributed by atoms with E-state index in [-0.39, 0.29) is 30.1 Å². The number of likely N-dealkylation sites (tertiary alicyclic amines) is 1. The van der Waals surface area contributed by atoms with Crippen LogP contribution in [0.4, 0.5) is 5.69 Å². The molecule has 10 nitrogen and oxygen atoms in total. The maximum absolute atomic E-state index is 12.3. The third kappa shape index (κ3) is 3.11. The molecule has 0 radical (unpaired) electrons. The molecule has 1 amide bonds. The molecule has 2 unspecified atom stereocenters. The molecule has 0 aromatic carbocycles. The van der Waals surface area contributed by atoms with Gasteiger partial charge in [0, 0.05) is 18.8 Å². The third-order valence-corrected chi connectivity index (χ3v) is 4.30. The van der Waals surface area contributed by atoms with Crippen molar-refractivity contribution in [2.45, 2.75) is 25.7 Å². The van der Waals surface area contributed by atoms with Crippen molar-refractivity contribution in [3.63, 3.8) is 0 Å². The molecule has 2 aliphatic rings. The Morgan fingerprint density at radius 1 is 1.50 bits per heavy atom. The number of nitrogens with one attached hydrogen (secondary N) is 1. The fraction of sp³-hybridized carbons (Fsp3) is 0.375. The van der Waals surface area contributed by atoms with Crippen molar-refractivity contribution in [3.05, 3.63) is 36.2 Å². The topological polar surface area (TPSA) is 116 Å². The Bertz CT molecular complexity index is 820. The van der Waals surface area contributed by atoms with E-state index >= 15 is 0 Å². The molecule has 2 aromatic rings. The Kier molecular flexibility index (Phi) is 4.27. The van der Waals surface area contributed by atoms with E-state index < -0.39 is 6.10 Å². The Morgan fingerprint density at radius 3 is 3.04 bits per heavy atom. The number of rotatable bonds is 5. The third-order valence-electron chi connectivity index (χ3n) is 4.30. The highest BCUT2D eigenvalue weighted by atomic mass is 16.5. The average Bonchev–Trinajstić information content (AvgIpc) is 3.36. The van der Waals surface area contributed by atoms with Crippen LogP contribution in [0.1, 0.15) is 23.3 Å². The largest absolute Gasteiger partial charge is 0.468 e. The summed E-state index contributed by atoms with van der Waals surface area (Å²) >= 11 is 0. The van der Waals surface area contributed by atoms with Crippen molar-refractivity contribution in [2.24, 2.45) is 5.10 Å². The predicted molar refractivity (Wildman–Crippen MR) is 90.6 cm³/mol. The van der Waals surface area contributed by atoms with Gasteiger partial charge in [0.05, 0.1) is 30.6 Å². The number of ether oxygens (including phenoxy) is 1. The number of hydrazone groups is 1. The van der Waals surface area contributed by atoms with Crippen molar-refractivity contribution in [1.82, 2.24) is 20.3 Å². The maximum Gasteiger partial charge on any atom is 0.276 e. The lowest BCUT2D eigenvalue weighted by atomic mass is 10.0. The van der Waals surface area contributed by atoms with Gasteiger partial charge in [-0.05, 0) is 13.0 Å². The van der Waals surface area contributed by atoms with Gasteiger partial charge in [-0.15, -0.1) is 0 Å². The summed E-state index contributed by atoms with van der Waals surface area (Å²) in [5.41, 5.74) is 4.03. The monoisotopic (exact) mass is 358 g/mol. The number of hydrogen-bond acceptors (Lipinski definition) is 9. The number of oxazole rings is 1. The first-order valence-corrected chi connectivity index (χ1v) is 8.20. The van der Waals surface area contributed by atoms with Crippen LogP contribution in [0.5, 0.6) is 5.88 Å². The van der Waals surface area contributed by atoms with E-state index in [0.29, 0.717) is 19.0 Å². The number of β-amino-alcohol motifs (C(OH)–C–C–N with tert-alkyl or cyclic N) is 1. The zero-order chi connectivity index (χ0) is 18.1. The summed E-state index contributed by atoms with van der Waals surface area (Å²) in [4.78, 5) is 22.1. The first kappa shape index (κ1) is 16.5. The zero-order valence-electron chi connectivity index (χ0n) is 14.1. The lowest BCUT2D eigenvalue weighted by Gasteiger charge is -2.42. The Labute approximate surface area is 149 Å². The average molecular weight is 358 g/mol. The first-order chi connectivity index (χ1) is 12.6. The molecule has 0 spiro atoms. The van der Waals surface area contributed by atoms with Crippen LogP contribution in [0.25, 0.3) is 0 Å². The van der Waals surface area contributed by atoms with E-state index in [1.807, 2.05) is 6.07 Å². The number of hydrazine groups is 1. The predicted octanol–water partition coefficient (Wildman–Crippen LogP) is 0.164. The minimum Gasteiger partial charge on any atom is -0.468 e. The van der Waals surface area contributed by atoms with Gasteiger partial charge in [-0.1, -0.05) is 0 Å². The lowest BCUT2D eigenvalue weighted by molar-refractivity contribution is -0.0360. The molecule has 26 heavy (non-hydrogen) atoms. The molecule has 2 aliphatic heterocycles. The quantitative estimate of drug-likeness (QED) is 0.777.